The number of carbonyl (C=O) groups is 1. The first-order chi connectivity index (χ1) is 11.8. The quantitative estimate of drug-likeness (QED) is 0.684. The predicted octanol–water partition coefficient (Wildman–Crippen LogP) is 3.86. The number of fused-ring (bicyclic) bond motifs is 11. The Morgan fingerprint density at radius 3 is 2.25 bits per heavy atom. The van der Waals surface area contributed by atoms with Gasteiger partial charge < -0.3 is 10.1 Å². The lowest BCUT2D eigenvalue weighted by Crippen LogP contribution is -2.46. The van der Waals surface area contributed by atoms with Gasteiger partial charge in [0.25, 0.3) is 5.91 Å². The Balaban J connectivity index is 1.60. The first kappa shape index (κ1) is 12.7. The minimum Gasteiger partial charge on any atom is -0.363 e. The number of nitrogens with one attached hydrogen (secondary N) is 1. The predicted molar refractivity (Wildman–Crippen MR) is 91.0 cm³/mol. The standard InChI is InChI=1S/C21H15NO2/c23-21-16-10-12-6-2-1-5-11(12)9-15(16)17-18(22-21)20-14-8-4-3-7-13(14)19(17)24-20/h1-10,17-20H,(H,22,23)/t17-,18+,19?,20?/m0/s1. The highest BCUT2D eigenvalue weighted by molar-refractivity contribution is 6.02. The fraction of sp³-hybridized carbons (Fsp3) is 0.190. The fourth-order valence-electron chi connectivity index (χ4n) is 4.75. The van der Waals surface area contributed by atoms with E-state index in [0.29, 0.717) is 0 Å². The van der Waals surface area contributed by atoms with Gasteiger partial charge in [-0.3, -0.25) is 4.79 Å². The first-order valence-corrected chi connectivity index (χ1v) is 8.39. The van der Waals surface area contributed by atoms with Crippen molar-refractivity contribution in [3.63, 3.8) is 0 Å². The van der Waals surface area contributed by atoms with E-state index in [9.17, 15) is 4.79 Å². The number of rotatable bonds is 0. The van der Waals surface area contributed by atoms with Gasteiger partial charge in [-0.25, -0.2) is 0 Å². The van der Waals surface area contributed by atoms with Crippen molar-refractivity contribution in [2.75, 3.05) is 0 Å². The molecule has 4 atom stereocenters. The van der Waals surface area contributed by atoms with E-state index in [1.807, 2.05) is 24.3 Å². The summed E-state index contributed by atoms with van der Waals surface area (Å²) in [6.07, 6.45) is 0.0106. The molecular weight excluding hydrogens is 298 g/mol. The Morgan fingerprint density at radius 2 is 1.46 bits per heavy atom. The van der Waals surface area contributed by atoms with E-state index in [0.717, 1.165) is 16.5 Å². The van der Waals surface area contributed by atoms with Crippen LogP contribution in [-0.2, 0) is 4.74 Å². The number of amides is 1. The number of hydrogen-bond donors (Lipinski definition) is 1. The van der Waals surface area contributed by atoms with Gasteiger partial charge in [0.2, 0.25) is 0 Å². The normalized spacial score (nSPS) is 29.1. The molecule has 1 saturated heterocycles. The Labute approximate surface area is 139 Å². The number of carbonyl (C=O) groups excluding carboxylic acids is 1. The molecule has 1 fully saturated rings. The smallest absolute Gasteiger partial charge is 0.251 e. The van der Waals surface area contributed by atoms with Crippen LogP contribution in [0.1, 0.15) is 45.2 Å². The Hall–Kier alpha value is -2.65. The Morgan fingerprint density at radius 1 is 0.792 bits per heavy atom. The molecule has 3 nitrogen and oxygen atoms in total. The van der Waals surface area contributed by atoms with Crippen LogP contribution in [0.5, 0.6) is 0 Å². The van der Waals surface area contributed by atoms with E-state index in [-0.39, 0.29) is 30.1 Å². The van der Waals surface area contributed by atoms with E-state index >= 15 is 0 Å². The first-order valence-electron chi connectivity index (χ1n) is 8.39. The molecule has 6 rings (SSSR count). The van der Waals surface area contributed by atoms with Gasteiger partial charge in [0, 0.05) is 11.5 Å². The summed E-state index contributed by atoms with van der Waals surface area (Å²) >= 11 is 0. The summed E-state index contributed by atoms with van der Waals surface area (Å²) in [4.78, 5) is 12.7. The second-order valence-corrected chi connectivity index (χ2v) is 6.92. The zero-order valence-electron chi connectivity index (χ0n) is 12.9. The van der Waals surface area contributed by atoms with Crippen molar-refractivity contribution in [2.45, 2.75) is 24.2 Å². The summed E-state index contributed by atoms with van der Waals surface area (Å²) in [7, 11) is 0. The maximum absolute atomic E-state index is 12.7. The minimum atomic E-state index is -0.0280. The van der Waals surface area contributed by atoms with Crippen molar-refractivity contribution >= 4 is 16.7 Å². The molecule has 3 heterocycles. The van der Waals surface area contributed by atoms with Crippen molar-refractivity contribution in [1.82, 2.24) is 5.32 Å². The van der Waals surface area contributed by atoms with Gasteiger partial charge in [-0.2, -0.15) is 0 Å². The van der Waals surface area contributed by atoms with Crippen LogP contribution in [0.4, 0.5) is 0 Å². The zero-order chi connectivity index (χ0) is 15.8. The van der Waals surface area contributed by atoms with Crippen LogP contribution in [0.25, 0.3) is 10.8 Å². The van der Waals surface area contributed by atoms with Crippen LogP contribution >= 0.6 is 0 Å². The Kier molecular flexibility index (Phi) is 2.25. The average Bonchev–Trinajstić information content (AvgIpc) is 3.18. The second-order valence-electron chi connectivity index (χ2n) is 6.92. The molecule has 0 saturated carbocycles. The molecule has 116 valence electrons. The lowest BCUT2D eigenvalue weighted by Gasteiger charge is -2.35. The number of hydrogen-bond acceptors (Lipinski definition) is 2. The molecule has 1 N–H and O–H groups in total. The van der Waals surface area contributed by atoms with Crippen molar-refractivity contribution < 1.29 is 9.53 Å². The van der Waals surface area contributed by atoms with Gasteiger partial charge in [0.05, 0.1) is 12.1 Å². The van der Waals surface area contributed by atoms with E-state index < -0.39 is 0 Å². The molecule has 3 aromatic carbocycles. The molecule has 0 radical (unpaired) electrons. The lowest BCUT2D eigenvalue weighted by molar-refractivity contribution is 0.0611. The Bertz CT molecular complexity index is 1030. The highest BCUT2D eigenvalue weighted by Gasteiger charge is 2.55. The highest BCUT2D eigenvalue weighted by Crippen LogP contribution is 2.59. The lowest BCUT2D eigenvalue weighted by atomic mass is 9.73. The van der Waals surface area contributed by atoms with Crippen molar-refractivity contribution in [3.8, 4) is 0 Å². The largest absolute Gasteiger partial charge is 0.363 e. The van der Waals surface area contributed by atoms with Crippen molar-refractivity contribution in [1.29, 1.82) is 0 Å². The molecule has 3 aromatic rings. The van der Waals surface area contributed by atoms with Crippen LogP contribution in [0, 0.1) is 0 Å². The third kappa shape index (κ3) is 1.44. The van der Waals surface area contributed by atoms with Crippen LogP contribution in [0.2, 0.25) is 0 Å². The molecule has 24 heavy (non-hydrogen) atoms. The summed E-state index contributed by atoms with van der Waals surface area (Å²) in [6.45, 7) is 0. The van der Waals surface area contributed by atoms with Crippen molar-refractivity contribution in [2.24, 2.45) is 0 Å². The molecule has 3 aliphatic rings. The summed E-state index contributed by atoms with van der Waals surface area (Å²) in [6, 6.07) is 20.9. The van der Waals surface area contributed by atoms with Gasteiger partial charge in [-0.1, -0.05) is 48.5 Å². The van der Waals surface area contributed by atoms with E-state index in [1.54, 1.807) is 0 Å². The summed E-state index contributed by atoms with van der Waals surface area (Å²) in [5.74, 6) is 0.216. The molecule has 1 amide bonds. The van der Waals surface area contributed by atoms with Gasteiger partial charge in [0.1, 0.15) is 6.10 Å². The van der Waals surface area contributed by atoms with Crippen LogP contribution in [-0.4, -0.2) is 11.9 Å². The SMILES string of the molecule is O=C1N[C@H]2C3OC(c4ccccc43)[C@H]2c2cc3ccccc3cc21. The molecule has 2 unspecified atom stereocenters. The molecule has 0 aliphatic carbocycles. The van der Waals surface area contributed by atoms with Crippen LogP contribution in [0.15, 0.2) is 60.7 Å². The molecule has 0 spiro atoms. The summed E-state index contributed by atoms with van der Waals surface area (Å²) in [5.41, 5.74) is 4.43. The van der Waals surface area contributed by atoms with Gasteiger partial charge >= 0.3 is 0 Å². The summed E-state index contributed by atoms with van der Waals surface area (Å²) in [5, 5.41) is 5.49. The highest BCUT2D eigenvalue weighted by atomic mass is 16.5. The van der Waals surface area contributed by atoms with Gasteiger partial charge in [-0.15, -0.1) is 0 Å². The van der Waals surface area contributed by atoms with E-state index in [1.165, 1.54) is 16.5 Å². The number of benzene rings is 3. The maximum Gasteiger partial charge on any atom is 0.251 e. The van der Waals surface area contributed by atoms with Crippen LogP contribution in [0.3, 0.4) is 0 Å². The monoisotopic (exact) mass is 313 g/mol. The molecule has 0 aromatic heterocycles. The van der Waals surface area contributed by atoms with Gasteiger partial charge in [0.15, 0.2) is 0 Å². The fourth-order valence-corrected chi connectivity index (χ4v) is 4.75. The van der Waals surface area contributed by atoms with Crippen LogP contribution < -0.4 is 5.32 Å². The number of ether oxygens (including phenoxy) is 1. The van der Waals surface area contributed by atoms with Crippen molar-refractivity contribution in [3.05, 3.63) is 82.9 Å². The molecular formula is C21H15NO2. The van der Waals surface area contributed by atoms with E-state index in [2.05, 4.69) is 41.7 Å². The third-order valence-corrected chi connectivity index (χ3v) is 5.76. The second kappa shape index (κ2) is 4.25. The zero-order valence-corrected chi connectivity index (χ0v) is 12.9. The molecule has 2 bridgehead atoms. The molecule has 3 heteroatoms. The van der Waals surface area contributed by atoms with Gasteiger partial charge in [-0.05, 0) is 39.6 Å². The topological polar surface area (TPSA) is 38.3 Å². The molecule has 3 aliphatic heterocycles. The minimum absolute atomic E-state index is 0.0191. The third-order valence-electron chi connectivity index (χ3n) is 5.76. The average molecular weight is 313 g/mol. The maximum atomic E-state index is 12.7. The van der Waals surface area contributed by atoms with E-state index in [4.69, 9.17) is 4.74 Å². The summed E-state index contributed by atoms with van der Waals surface area (Å²) < 4.78 is 6.29.